The second-order valence-electron chi connectivity index (χ2n) is 4.38. The summed E-state index contributed by atoms with van der Waals surface area (Å²) < 4.78 is 10.9. The van der Waals surface area contributed by atoms with E-state index in [0.29, 0.717) is 6.61 Å². The molecular weight excluding hydrogens is 236 g/mol. The Labute approximate surface area is 106 Å². The Hall–Kier alpha value is -0.980. The van der Waals surface area contributed by atoms with Crippen molar-refractivity contribution in [2.45, 2.75) is 37.6 Å². The molecule has 0 unspecified atom stereocenters. The highest BCUT2D eigenvalue weighted by molar-refractivity contribution is 5.13. The van der Waals surface area contributed by atoms with Crippen molar-refractivity contribution in [2.75, 3.05) is 6.61 Å². The van der Waals surface area contributed by atoms with Gasteiger partial charge in [-0.25, -0.2) is 0 Å². The highest BCUT2D eigenvalue weighted by Crippen LogP contribution is 2.21. The Morgan fingerprint density at radius 3 is 2.61 bits per heavy atom. The molecule has 0 saturated carbocycles. The molecule has 1 saturated heterocycles. The molecule has 1 aliphatic heterocycles. The molecule has 5 heteroatoms. The van der Waals surface area contributed by atoms with E-state index < -0.39 is 24.6 Å². The van der Waals surface area contributed by atoms with Crippen molar-refractivity contribution < 1.29 is 24.8 Å². The van der Waals surface area contributed by atoms with E-state index in [0.717, 1.165) is 5.56 Å². The zero-order valence-corrected chi connectivity index (χ0v) is 9.98. The summed E-state index contributed by atoms with van der Waals surface area (Å²) in [5.74, 6) is 0. The molecule has 100 valence electrons. The van der Waals surface area contributed by atoms with Gasteiger partial charge in [-0.15, -0.1) is 0 Å². The maximum atomic E-state index is 9.63. The van der Waals surface area contributed by atoms with E-state index in [1.807, 2.05) is 30.3 Å². The fourth-order valence-corrected chi connectivity index (χ4v) is 1.94. The summed E-state index contributed by atoms with van der Waals surface area (Å²) in [5.41, 5.74) is 1.00. The Balaban J connectivity index is 1.86. The van der Waals surface area contributed by atoms with Gasteiger partial charge >= 0.3 is 0 Å². The van der Waals surface area contributed by atoms with Crippen molar-refractivity contribution in [3.63, 3.8) is 0 Å². The fourth-order valence-electron chi connectivity index (χ4n) is 1.94. The molecule has 0 radical (unpaired) electrons. The molecule has 18 heavy (non-hydrogen) atoms. The van der Waals surface area contributed by atoms with Crippen LogP contribution in [-0.4, -0.2) is 46.5 Å². The van der Waals surface area contributed by atoms with Crippen LogP contribution in [0.1, 0.15) is 12.0 Å². The van der Waals surface area contributed by atoms with Gasteiger partial charge in [-0.3, -0.25) is 0 Å². The monoisotopic (exact) mass is 254 g/mol. The van der Waals surface area contributed by atoms with E-state index >= 15 is 0 Å². The number of hydrogen-bond donors (Lipinski definition) is 3. The summed E-state index contributed by atoms with van der Waals surface area (Å²) >= 11 is 0. The highest BCUT2D eigenvalue weighted by atomic mass is 16.7. The normalized spacial score (nSPS) is 32.4. The zero-order chi connectivity index (χ0) is 13.0. The van der Waals surface area contributed by atoms with Gasteiger partial charge in [-0.2, -0.15) is 0 Å². The molecule has 1 aromatic rings. The van der Waals surface area contributed by atoms with Gasteiger partial charge in [0.2, 0.25) is 0 Å². The summed E-state index contributed by atoms with van der Waals surface area (Å²) in [6.45, 7) is 0.0237. The molecule has 0 bridgehead atoms. The number of aliphatic hydroxyl groups is 3. The largest absolute Gasteiger partial charge is 0.394 e. The van der Waals surface area contributed by atoms with Crippen LogP contribution in [0.15, 0.2) is 30.3 Å². The highest BCUT2D eigenvalue weighted by Gasteiger charge is 2.36. The third kappa shape index (κ3) is 3.28. The summed E-state index contributed by atoms with van der Waals surface area (Å²) in [5, 5.41) is 28.2. The van der Waals surface area contributed by atoms with Crippen molar-refractivity contribution in [1.82, 2.24) is 0 Å². The topological polar surface area (TPSA) is 79.2 Å². The summed E-state index contributed by atoms with van der Waals surface area (Å²) in [6, 6.07) is 9.60. The smallest absolute Gasteiger partial charge is 0.161 e. The molecule has 5 nitrogen and oxygen atoms in total. The van der Waals surface area contributed by atoms with Crippen LogP contribution in [0.25, 0.3) is 0 Å². The van der Waals surface area contributed by atoms with Crippen LogP contribution >= 0.6 is 0 Å². The molecule has 0 aromatic heterocycles. The lowest BCUT2D eigenvalue weighted by Gasteiger charge is -2.36. The van der Waals surface area contributed by atoms with Gasteiger partial charge in [0.1, 0.15) is 12.2 Å². The minimum atomic E-state index is -1.06. The van der Waals surface area contributed by atoms with Crippen LogP contribution in [0.2, 0.25) is 0 Å². The van der Waals surface area contributed by atoms with Gasteiger partial charge < -0.3 is 24.8 Å². The van der Waals surface area contributed by atoms with Crippen LogP contribution in [-0.2, 0) is 16.1 Å². The van der Waals surface area contributed by atoms with Crippen molar-refractivity contribution in [3.8, 4) is 0 Å². The maximum absolute atomic E-state index is 9.63. The van der Waals surface area contributed by atoms with E-state index in [1.165, 1.54) is 0 Å². The van der Waals surface area contributed by atoms with Gasteiger partial charge in [0.05, 0.1) is 19.3 Å². The first-order chi connectivity index (χ1) is 8.70. The van der Waals surface area contributed by atoms with Crippen molar-refractivity contribution in [3.05, 3.63) is 35.9 Å². The number of ether oxygens (including phenoxy) is 2. The Morgan fingerprint density at radius 2 is 1.94 bits per heavy atom. The molecule has 0 amide bonds. The van der Waals surface area contributed by atoms with Crippen LogP contribution in [0.4, 0.5) is 0 Å². The molecule has 1 fully saturated rings. The van der Waals surface area contributed by atoms with Gasteiger partial charge in [0.25, 0.3) is 0 Å². The molecular formula is C13H18O5. The lowest BCUT2D eigenvalue weighted by atomic mass is 10.0. The van der Waals surface area contributed by atoms with Gasteiger partial charge in [0, 0.05) is 6.42 Å². The summed E-state index contributed by atoms with van der Waals surface area (Å²) in [7, 11) is 0. The standard InChI is InChI=1S/C13H18O5/c14-7-11-13(16)10(15)6-12(18-11)17-8-9-4-2-1-3-5-9/h1-5,10-16H,6-8H2/t10-,11+,12+,13+/m0/s1. The first kappa shape index (κ1) is 13.5. The minimum Gasteiger partial charge on any atom is -0.394 e. The third-order valence-corrected chi connectivity index (χ3v) is 2.99. The fraction of sp³-hybridized carbons (Fsp3) is 0.538. The Kier molecular flexibility index (Phi) is 4.68. The Bertz CT molecular complexity index is 356. The van der Waals surface area contributed by atoms with Crippen molar-refractivity contribution in [1.29, 1.82) is 0 Å². The predicted molar refractivity (Wildman–Crippen MR) is 63.6 cm³/mol. The van der Waals surface area contributed by atoms with Crippen molar-refractivity contribution >= 4 is 0 Å². The number of aliphatic hydroxyl groups excluding tert-OH is 3. The molecule has 0 spiro atoms. The van der Waals surface area contributed by atoms with Gasteiger partial charge in [-0.05, 0) is 5.56 Å². The van der Waals surface area contributed by atoms with E-state index in [2.05, 4.69) is 0 Å². The zero-order valence-electron chi connectivity index (χ0n) is 9.98. The SMILES string of the molecule is OC[C@H]1O[C@@H](OCc2ccccc2)C[C@H](O)[C@H]1O. The average Bonchev–Trinajstić information content (AvgIpc) is 2.41. The third-order valence-electron chi connectivity index (χ3n) is 2.99. The second kappa shape index (κ2) is 6.26. The van der Waals surface area contributed by atoms with Crippen molar-refractivity contribution in [2.24, 2.45) is 0 Å². The summed E-state index contributed by atoms with van der Waals surface area (Å²) in [4.78, 5) is 0. The van der Waals surface area contributed by atoms with Crippen LogP contribution < -0.4 is 0 Å². The molecule has 4 atom stereocenters. The van der Waals surface area contributed by atoms with E-state index in [4.69, 9.17) is 14.6 Å². The van der Waals surface area contributed by atoms with E-state index in [1.54, 1.807) is 0 Å². The molecule has 1 aromatic carbocycles. The number of rotatable bonds is 4. The second-order valence-corrected chi connectivity index (χ2v) is 4.38. The van der Waals surface area contributed by atoms with Crippen LogP contribution in [0, 0.1) is 0 Å². The van der Waals surface area contributed by atoms with E-state index in [9.17, 15) is 10.2 Å². The Morgan fingerprint density at radius 1 is 1.22 bits per heavy atom. The lowest BCUT2D eigenvalue weighted by Crippen LogP contribution is -2.50. The van der Waals surface area contributed by atoms with Gasteiger partial charge in [0.15, 0.2) is 6.29 Å². The predicted octanol–water partition coefficient (Wildman–Crippen LogP) is 0.0323. The molecule has 1 heterocycles. The minimum absolute atomic E-state index is 0.199. The van der Waals surface area contributed by atoms with Crippen LogP contribution in [0.5, 0.6) is 0 Å². The van der Waals surface area contributed by atoms with E-state index in [-0.39, 0.29) is 13.0 Å². The van der Waals surface area contributed by atoms with Gasteiger partial charge in [-0.1, -0.05) is 30.3 Å². The molecule has 1 aliphatic rings. The maximum Gasteiger partial charge on any atom is 0.161 e. The lowest BCUT2D eigenvalue weighted by molar-refractivity contribution is -0.260. The average molecular weight is 254 g/mol. The first-order valence-electron chi connectivity index (χ1n) is 5.98. The molecule has 0 aliphatic carbocycles. The molecule has 3 N–H and O–H groups in total. The van der Waals surface area contributed by atoms with Crippen LogP contribution in [0.3, 0.4) is 0 Å². The first-order valence-corrected chi connectivity index (χ1v) is 5.98. The molecule has 2 rings (SSSR count). The number of benzene rings is 1. The summed E-state index contributed by atoms with van der Waals surface area (Å²) in [6.07, 6.45) is -3.21. The quantitative estimate of drug-likeness (QED) is 0.706. The number of hydrogen-bond acceptors (Lipinski definition) is 5.